The molecule has 1 aliphatic rings. The standard InChI is InChI=1S/C25H23F5N4O3S/c1-14-11-31-21(17-12-32-24(33-13-17)25(28,29)30)9-16(14)3-8-23(35)22-10-20(27)15(2)34(22)38(36,37)19-6-4-18(26)5-7-19/h4-7,9,11-13,15,20,22H,3,8,10H2,1-2H3/t15-,20+,22-/m0/s1. The molecule has 1 saturated heterocycles. The lowest BCUT2D eigenvalue weighted by Gasteiger charge is -2.26. The molecule has 3 heterocycles. The van der Waals surface area contributed by atoms with Crippen LogP contribution in [-0.4, -0.2) is 51.7 Å². The summed E-state index contributed by atoms with van der Waals surface area (Å²) in [5.41, 5.74) is 1.89. The predicted molar refractivity (Wildman–Crippen MR) is 127 cm³/mol. The minimum Gasteiger partial charge on any atom is -0.298 e. The number of carbonyl (C=O) groups excluding carboxylic acids is 1. The number of alkyl halides is 4. The zero-order valence-corrected chi connectivity index (χ0v) is 21.1. The van der Waals surface area contributed by atoms with Gasteiger partial charge in [-0.1, -0.05) is 0 Å². The van der Waals surface area contributed by atoms with Gasteiger partial charge in [0.25, 0.3) is 0 Å². The molecule has 0 N–H and O–H groups in total. The first kappa shape index (κ1) is 27.7. The second-order valence-corrected chi connectivity index (χ2v) is 10.9. The number of hydrogen-bond donors (Lipinski definition) is 0. The number of ketones is 1. The summed E-state index contributed by atoms with van der Waals surface area (Å²) in [5, 5.41) is 0. The predicted octanol–water partition coefficient (Wildman–Crippen LogP) is 4.70. The molecule has 2 aromatic heterocycles. The van der Waals surface area contributed by atoms with Crippen molar-refractivity contribution >= 4 is 15.8 Å². The van der Waals surface area contributed by atoms with Crippen molar-refractivity contribution in [2.75, 3.05) is 0 Å². The second-order valence-electron chi connectivity index (χ2n) is 9.05. The summed E-state index contributed by atoms with van der Waals surface area (Å²) in [5.74, 6) is -2.40. The molecule has 0 amide bonds. The van der Waals surface area contributed by atoms with E-state index in [1.807, 2.05) is 0 Å². The molecular weight excluding hydrogens is 531 g/mol. The Hall–Kier alpha value is -3.32. The molecule has 3 atom stereocenters. The van der Waals surface area contributed by atoms with Gasteiger partial charge in [0.2, 0.25) is 15.8 Å². The number of carbonyl (C=O) groups is 1. The third-order valence-electron chi connectivity index (χ3n) is 6.50. The molecular formula is C25H23F5N4O3S. The number of pyridine rings is 1. The van der Waals surface area contributed by atoms with Crippen LogP contribution >= 0.6 is 0 Å². The molecule has 7 nitrogen and oxygen atoms in total. The fourth-order valence-corrected chi connectivity index (χ4v) is 6.20. The molecule has 0 aliphatic carbocycles. The van der Waals surface area contributed by atoms with Crippen molar-refractivity contribution < 1.29 is 35.2 Å². The molecule has 13 heteroatoms. The van der Waals surface area contributed by atoms with Crippen LogP contribution in [0.15, 0.2) is 53.8 Å². The van der Waals surface area contributed by atoms with Crippen LogP contribution in [0.3, 0.4) is 0 Å². The van der Waals surface area contributed by atoms with Gasteiger partial charge in [0.05, 0.1) is 22.7 Å². The van der Waals surface area contributed by atoms with E-state index in [0.717, 1.165) is 41.0 Å². The quantitative estimate of drug-likeness (QED) is 0.394. The summed E-state index contributed by atoms with van der Waals surface area (Å²) in [6.45, 7) is 3.12. The molecule has 0 spiro atoms. The Morgan fingerprint density at radius 3 is 2.32 bits per heavy atom. The van der Waals surface area contributed by atoms with Gasteiger partial charge in [-0.05, 0) is 61.7 Å². The van der Waals surface area contributed by atoms with Gasteiger partial charge in [0.1, 0.15) is 12.0 Å². The number of aryl methyl sites for hydroxylation is 2. The van der Waals surface area contributed by atoms with Gasteiger partial charge in [-0.15, -0.1) is 0 Å². The summed E-state index contributed by atoms with van der Waals surface area (Å²) in [6, 6.07) is 3.35. The minimum atomic E-state index is -4.68. The van der Waals surface area contributed by atoms with Gasteiger partial charge in [0.15, 0.2) is 5.78 Å². The van der Waals surface area contributed by atoms with Gasteiger partial charge in [-0.3, -0.25) is 9.78 Å². The van der Waals surface area contributed by atoms with Crippen molar-refractivity contribution in [3.63, 3.8) is 0 Å². The third kappa shape index (κ3) is 5.58. The first-order valence-corrected chi connectivity index (χ1v) is 13.0. The van der Waals surface area contributed by atoms with Crippen LogP contribution < -0.4 is 0 Å². The van der Waals surface area contributed by atoms with E-state index in [1.54, 1.807) is 13.0 Å². The van der Waals surface area contributed by atoms with Crippen molar-refractivity contribution in [1.82, 2.24) is 19.3 Å². The highest BCUT2D eigenvalue weighted by atomic mass is 32.2. The molecule has 0 unspecified atom stereocenters. The fraction of sp³-hybridized carbons (Fsp3) is 0.360. The summed E-state index contributed by atoms with van der Waals surface area (Å²) in [4.78, 5) is 23.8. The molecule has 3 aromatic rings. The van der Waals surface area contributed by atoms with Crippen molar-refractivity contribution in [1.29, 1.82) is 0 Å². The van der Waals surface area contributed by atoms with E-state index < -0.39 is 51.9 Å². The summed E-state index contributed by atoms with van der Waals surface area (Å²) < 4.78 is 93.5. The van der Waals surface area contributed by atoms with E-state index in [9.17, 15) is 35.2 Å². The highest BCUT2D eigenvalue weighted by Crippen LogP contribution is 2.34. The van der Waals surface area contributed by atoms with Crippen LogP contribution in [0.25, 0.3) is 11.3 Å². The number of rotatable bonds is 7. The van der Waals surface area contributed by atoms with Crippen LogP contribution in [0.4, 0.5) is 22.0 Å². The van der Waals surface area contributed by atoms with Crippen LogP contribution in [0.2, 0.25) is 0 Å². The zero-order chi connectivity index (χ0) is 27.8. The second kappa shape index (κ2) is 10.4. The lowest BCUT2D eigenvalue weighted by atomic mass is 9.99. The lowest BCUT2D eigenvalue weighted by molar-refractivity contribution is -0.145. The number of nitrogens with zero attached hydrogens (tertiary/aromatic N) is 4. The lowest BCUT2D eigenvalue weighted by Crippen LogP contribution is -2.44. The van der Waals surface area contributed by atoms with Crippen molar-refractivity contribution in [3.05, 3.63) is 71.7 Å². The Morgan fingerprint density at radius 1 is 1.08 bits per heavy atom. The van der Waals surface area contributed by atoms with Crippen LogP contribution in [0.5, 0.6) is 0 Å². The van der Waals surface area contributed by atoms with Crippen molar-refractivity contribution in [2.24, 2.45) is 0 Å². The summed E-state index contributed by atoms with van der Waals surface area (Å²) >= 11 is 0. The Balaban J connectivity index is 1.53. The number of hydrogen-bond acceptors (Lipinski definition) is 6. The van der Waals surface area contributed by atoms with Gasteiger partial charge >= 0.3 is 6.18 Å². The molecule has 38 heavy (non-hydrogen) atoms. The van der Waals surface area contributed by atoms with Gasteiger partial charge < -0.3 is 0 Å². The smallest absolute Gasteiger partial charge is 0.298 e. The Labute approximate surface area is 215 Å². The SMILES string of the molecule is Cc1cnc(-c2cnc(C(F)(F)F)nc2)cc1CCC(=O)[C@@H]1C[C@@H](F)[C@H](C)N1S(=O)(=O)c1ccc(F)cc1. The van der Waals surface area contributed by atoms with E-state index in [0.29, 0.717) is 16.8 Å². The molecule has 0 radical (unpaired) electrons. The monoisotopic (exact) mass is 554 g/mol. The summed E-state index contributed by atoms with van der Waals surface area (Å²) in [6.07, 6.45) is -3.00. The van der Waals surface area contributed by atoms with Crippen LogP contribution in [0, 0.1) is 12.7 Å². The number of aromatic nitrogens is 3. The van der Waals surface area contributed by atoms with Gasteiger partial charge in [-0.25, -0.2) is 27.2 Å². The number of Topliss-reactive ketones (excluding diaryl/α,β-unsaturated/α-hetero) is 1. The van der Waals surface area contributed by atoms with E-state index in [2.05, 4.69) is 15.0 Å². The van der Waals surface area contributed by atoms with Crippen LogP contribution in [0.1, 0.15) is 36.7 Å². The molecule has 202 valence electrons. The first-order valence-electron chi connectivity index (χ1n) is 11.6. The maximum Gasteiger partial charge on any atom is 0.451 e. The Bertz CT molecular complexity index is 1430. The molecule has 0 saturated carbocycles. The van der Waals surface area contributed by atoms with Crippen molar-refractivity contribution in [3.8, 4) is 11.3 Å². The topological polar surface area (TPSA) is 93.1 Å². The summed E-state index contributed by atoms with van der Waals surface area (Å²) in [7, 11) is -4.28. The minimum absolute atomic E-state index is 0.118. The molecule has 4 rings (SSSR count). The fourth-order valence-electron chi connectivity index (χ4n) is 4.37. The average Bonchev–Trinajstić information content (AvgIpc) is 3.18. The Kier molecular flexibility index (Phi) is 7.62. The van der Waals surface area contributed by atoms with Gasteiger partial charge in [-0.2, -0.15) is 17.5 Å². The molecule has 1 fully saturated rings. The highest BCUT2D eigenvalue weighted by Gasteiger charge is 2.48. The maximum atomic E-state index is 14.6. The van der Waals surface area contributed by atoms with E-state index >= 15 is 0 Å². The maximum absolute atomic E-state index is 14.6. The number of benzene rings is 1. The van der Waals surface area contributed by atoms with Crippen molar-refractivity contribution in [2.45, 2.75) is 62.4 Å². The average molecular weight is 555 g/mol. The van der Waals surface area contributed by atoms with Gasteiger partial charge in [0, 0.05) is 37.0 Å². The van der Waals surface area contributed by atoms with E-state index in [4.69, 9.17) is 0 Å². The normalized spacial score (nSPS) is 20.6. The van der Waals surface area contributed by atoms with Crippen LogP contribution in [-0.2, 0) is 27.4 Å². The zero-order valence-electron chi connectivity index (χ0n) is 20.3. The van der Waals surface area contributed by atoms with E-state index in [1.165, 1.54) is 13.1 Å². The van der Waals surface area contributed by atoms with E-state index in [-0.39, 0.29) is 29.7 Å². The molecule has 1 aromatic carbocycles. The Morgan fingerprint density at radius 2 is 1.71 bits per heavy atom. The number of halogens is 5. The third-order valence-corrected chi connectivity index (χ3v) is 8.51. The first-order chi connectivity index (χ1) is 17.8. The number of sulfonamides is 1. The molecule has 1 aliphatic heterocycles. The molecule has 0 bridgehead atoms. The largest absolute Gasteiger partial charge is 0.451 e. The highest BCUT2D eigenvalue weighted by molar-refractivity contribution is 7.89.